The lowest BCUT2D eigenvalue weighted by Crippen LogP contribution is -2.38. The van der Waals surface area contributed by atoms with Crippen LogP contribution in [0.5, 0.6) is 0 Å². The van der Waals surface area contributed by atoms with E-state index in [1.165, 1.54) is 12.0 Å². The Morgan fingerprint density at radius 2 is 1.94 bits per heavy atom. The Hall–Kier alpha value is -1.14. The number of rotatable bonds is 9. The van der Waals surface area contributed by atoms with Crippen molar-refractivity contribution in [2.45, 2.75) is 26.4 Å². The lowest BCUT2D eigenvalue weighted by atomic mass is 10.3. The van der Waals surface area contributed by atoms with Gasteiger partial charge in [-0.2, -0.15) is 0 Å². The van der Waals surface area contributed by atoms with Crippen molar-refractivity contribution < 1.29 is 24.2 Å². The monoisotopic (exact) mass is 247 g/mol. The molecule has 0 aromatic carbocycles. The highest BCUT2D eigenvalue weighted by molar-refractivity contribution is 5.81. The summed E-state index contributed by atoms with van der Waals surface area (Å²) in [6.45, 7) is 4.37. The summed E-state index contributed by atoms with van der Waals surface area (Å²) in [5, 5.41) is 8.68. The first-order valence-corrected chi connectivity index (χ1v) is 5.57. The smallest absolute Gasteiger partial charge is 0.323 e. The molecule has 0 aromatic rings. The van der Waals surface area contributed by atoms with Crippen molar-refractivity contribution in [3.8, 4) is 0 Å². The van der Waals surface area contributed by atoms with Crippen molar-refractivity contribution in [1.82, 2.24) is 4.90 Å². The minimum atomic E-state index is -1.03. The molecule has 17 heavy (non-hydrogen) atoms. The molecule has 0 rings (SSSR count). The maximum absolute atomic E-state index is 11.7. The molecule has 0 saturated carbocycles. The normalized spacial score (nSPS) is 10.6. The molecule has 0 aliphatic heterocycles. The molecular formula is C11H21NO5. The third kappa shape index (κ3) is 8.65. The number of carboxylic acid groups (broad SMARTS) is 1. The number of ether oxygens (including phenoxy) is 2. The Kier molecular flexibility index (Phi) is 8.35. The summed E-state index contributed by atoms with van der Waals surface area (Å²) < 4.78 is 10.1. The first kappa shape index (κ1) is 15.9. The van der Waals surface area contributed by atoms with Crippen molar-refractivity contribution in [2.24, 2.45) is 0 Å². The maximum atomic E-state index is 11.7. The first-order chi connectivity index (χ1) is 7.97. The molecule has 100 valence electrons. The van der Waals surface area contributed by atoms with Gasteiger partial charge in [-0.3, -0.25) is 9.59 Å². The van der Waals surface area contributed by atoms with Gasteiger partial charge in [0.25, 0.3) is 0 Å². The average molecular weight is 247 g/mol. The number of amides is 1. The fourth-order valence-corrected chi connectivity index (χ4v) is 1.20. The highest BCUT2D eigenvalue weighted by Gasteiger charge is 2.16. The number of carboxylic acids is 1. The van der Waals surface area contributed by atoms with Crippen LogP contribution in [0.3, 0.4) is 0 Å². The lowest BCUT2D eigenvalue weighted by Gasteiger charge is -2.20. The summed E-state index contributed by atoms with van der Waals surface area (Å²) in [4.78, 5) is 23.5. The van der Waals surface area contributed by atoms with E-state index in [0.717, 1.165) is 0 Å². The molecule has 1 N–H and O–H groups in total. The Morgan fingerprint density at radius 3 is 2.41 bits per heavy atom. The van der Waals surface area contributed by atoms with Gasteiger partial charge in [-0.15, -0.1) is 0 Å². The molecule has 1 amide bonds. The summed E-state index contributed by atoms with van der Waals surface area (Å²) in [6, 6.07) is 0. The molecule has 0 atom stereocenters. The van der Waals surface area contributed by atoms with Crippen LogP contribution in [0.25, 0.3) is 0 Å². The van der Waals surface area contributed by atoms with Crippen LogP contribution in [0.15, 0.2) is 0 Å². The zero-order chi connectivity index (χ0) is 13.3. The lowest BCUT2D eigenvalue weighted by molar-refractivity contribution is -0.145. The van der Waals surface area contributed by atoms with Gasteiger partial charge in [-0.05, 0) is 13.8 Å². The maximum Gasteiger partial charge on any atom is 0.323 e. The molecule has 0 unspecified atom stereocenters. The van der Waals surface area contributed by atoms with Gasteiger partial charge in [-0.1, -0.05) is 0 Å². The molecule has 0 aliphatic carbocycles. The van der Waals surface area contributed by atoms with E-state index < -0.39 is 5.97 Å². The van der Waals surface area contributed by atoms with E-state index in [2.05, 4.69) is 0 Å². The zero-order valence-electron chi connectivity index (χ0n) is 10.6. The van der Waals surface area contributed by atoms with E-state index in [1.807, 2.05) is 13.8 Å². The third-order valence-corrected chi connectivity index (χ3v) is 2.01. The molecule has 6 heteroatoms. The van der Waals surface area contributed by atoms with Gasteiger partial charge < -0.3 is 19.5 Å². The summed E-state index contributed by atoms with van der Waals surface area (Å²) in [7, 11) is 1.51. The number of hydrogen-bond donors (Lipinski definition) is 1. The Bertz CT molecular complexity index is 242. The molecule has 0 aliphatic rings. The first-order valence-electron chi connectivity index (χ1n) is 5.57. The minimum absolute atomic E-state index is 0.0645. The van der Waals surface area contributed by atoms with Crippen LogP contribution < -0.4 is 0 Å². The summed E-state index contributed by atoms with van der Waals surface area (Å²) in [6.07, 6.45) is 0.254. The number of carbonyl (C=O) groups excluding carboxylic acids is 1. The van der Waals surface area contributed by atoms with Gasteiger partial charge >= 0.3 is 5.97 Å². The fourth-order valence-electron chi connectivity index (χ4n) is 1.20. The molecule has 6 nitrogen and oxygen atoms in total. The highest BCUT2D eigenvalue weighted by atomic mass is 16.5. The van der Waals surface area contributed by atoms with E-state index in [1.54, 1.807) is 0 Å². The minimum Gasteiger partial charge on any atom is -0.480 e. The second-order valence-electron chi connectivity index (χ2n) is 3.87. The van der Waals surface area contributed by atoms with E-state index in [0.29, 0.717) is 13.2 Å². The number of nitrogens with zero attached hydrogens (tertiary/aromatic N) is 1. The van der Waals surface area contributed by atoms with Gasteiger partial charge in [0.15, 0.2) is 0 Å². The van der Waals surface area contributed by atoms with Crippen molar-refractivity contribution in [1.29, 1.82) is 0 Å². The molecular weight excluding hydrogens is 226 g/mol. The van der Waals surface area contributed by atoms with Crippen LogP contribution in [0.2, 0.25) is 0 Å². The largest absolute Gasteiger partial charge is 0.480 e. The third-order valence-electron chi connectivity index (χ3n) is 2.01. The topological polar surface area (TPSA) is 76.1 Å². The Balaban J connectivity index is 4.07. The van der Waals surface area contributed by atoms with Crippen molar-refractivity contribution in [3.63, 3.8) is 0 Å². The van der Waals surface area contributed by atoms with Crippen LogP contribution >= 0.6 is 0 Å². The molecule has 0 bridgehead atoms. The van der Waals surface area contributed by atoms with Gasteiger partial charge in [0, 0.05) is 13.7 Å². The standard InChI is InChI=1S/C11H21NO5/c1-9(2)17-6-4-10(13)12(5-7-16-3)8-11(14)15/h9H,4-8H2,1-3H3,(H,14,15). The van der Waals surface area contributed by atoms with Gasteiger partial charge in [0.05, 0.1) is 25.7 Å². The molecule has 0 aromatic heterocycles. The van der Waals surface area contributed by atoms with Crippen molar-refractivity contribution >= 4 is 11.9 Å². The van der Waals surface area contributed by atoms with E-state index >= 15 is 0 Å². The van der Waals surface area contributed by atoms with Crippen molar-refractivity contribution in [3.05, 3.63) is 0 Å². The van der Waals surface area contributed by atoms with Crippen LogP contribution in [0.1, 0.15) is 20.3 Å². The van der Waals surface area contributed by atoms with Crippen molar-refractivity contribution in [2.75, 3.05) is 33.4 Å². The van der Waals surface area contributed by atoms with E-state index in [-0.39, 0.29) is 31.5 Å². The predicted molar refractivity (Wildman–Crippen MR) is 61.8 cm³/mol. The summed E-state index contributed by atoms with van der Waals surface area (Å²) in [5.41, 5.74) is 0. The summed E-state index contributed by atoms with van der Waals surface area (Å²) >= 11 is 0. The highest BCUT2D eigenvalue weighted by Crippen LogP contribution is 1.97. The van der Waals surface area contributed by atoms with Crippen LogP contribution in [0, 0.1) is 0 Å². The Morgan fingerprint density at radius 1 is 1.29 bits per heavy atom. The number of aliphatic carboxylic acids is 1. The second-order valence-corrected chi connectivity index (χ2v) is 3.87. The Labute approximate surface area is 101 Å². The van der Waals surface area contributed by atoms with Gasteiger partial charge in [0.2, 0.25) is 5.91 Å². The summed E-state index contributed by atoms with van der Waals surface area (Å²) in [5.74, 6) is -1.26. The van der Waals surface area contributed by atoms with E-state index in [9.17, 15) is 9.59 Å². The fraction of sp³-hybridized carbons (Fsp3) is 0.818. The second kappa shape index (κ2) is 8.95. The molecule has 0 fully saturated rings. The molecule has 0 heterocycles. The van der Waals surface area contributed by atoms with Crippen LogP contribution in [-0.2, 0) is 19.1 Å². The zero-order valence-corrected chi connectivity index (χ0v) is 10.6. The van der Waals surface area contributed by atoms with E-state index in [4.69, 9.17) is 14.6 Å². The van der Waals surface area contributed by atoms with Crippen LogP contribution in [0.4, 0.5) is 0 Å². The van der Waals surface area contributed by atoms with Gasteiger partial charge in [0.1, 0.15) is 6.54 Å². The van der Waals surface area contributed by atoms with Crippen LogP contribution in [-0.4, -0.2) is 61.4 Å². The SMILES string of the molecule is COCCN(CC(=O)O)C(=O)CCOC(C)C. The quantitative estimate of drug-likeness (QED) is 0.636. The predicted octanol–water partition coefficient (Wildman–Crippen LogP) is 0.361. The average Bonchev–Trinajstić information content (AvgIpc) is 2.22. The molecule has 0 spiro atoms. The number of hydrogen-bond acceptors (Lipinski definition) is 4. The number of methoxy groups -OCH3 is 1. The molecule has 0 saturated heterocycles. The van der Waals surface area contributed by atoms with Gasteiger partial charge in [-0.25, -0.2) is 0 Å². The number of carbonyl (C=O) groups is 2. The molecule has 0 radical (unpaired) electrons.